The van der Waals surface area contributed by atoms with Gasteiger partial charge in [-0.15, -0.1) is 0 Å². The molecule has 1 fully saturated rings. The van der Waals surface area contributed by atoms with Gasteiger partial charge in [0.1, 0.15) is 12.2 Å². The van der Waals surface area contributed by atoms with Gasteiger partial charge >= 0.3 is 0 Å². The van der Waals surface area contributed by atoms with Crippen molar-refractivity contribution in [3.8, 4) is 11.5 Å². The molecule has 0 aliphatic carbocycles. The van der Waals surface area contributed by atoms with Gasteiger partial charge in [-0.3, -0.25) is 19.8 Å². The molecule has 1 N–H and O–H groups in total. The van der Waals surface area contributed by atoms with Crippen LogP contribution >= 0.6 is 39.7 Å². The first-order valence-electron chi connectivity index (χ1n) is 8.64. The zero-order valence-electron chi connectivity index (χ0n) is 15.8. The molecular weight excluding hydrogens is 492 g/mol. The fraction of sp³-hybridized carbons (Fsp3) is 0.0952. The van der Waals surface area contributed by atoms with Crippen molar-refractivity contribution in [2.75, 3.05) is 18.6 Å². The highest BCUT2D eigenvalue weighted by Gasteiger charge is 2.34. The highest BCUT2D eigenvalue weighted by Crippen LogP contribution is 2.37. The fourth-order valence-electron chi connectivity index (χ4n) is 2.75. The Bertz CT molecular complexity index is 1070. The van der Waals surface area contributed by atoms with E-state index in [1.807, 2.05) is 0 Å². The van der Waals surface area contributed by atoms with E-state index < -0.39 is 11.8 Å². The third-order valence-corrected chi connectivity index (χ3v) is 5.22. The summed E-state index contributed by atoms with van der Waals surface area (Å²) in [6.45, 7) is 3.92. The van der Waals surface area contributed by atoms with Crippen molar-refractivity contribution in [2.45, 2.75) is 0 Å². The largest absolute Gasteiger partial charge is 0.493 e. The van der Waals surface area contributed by atoms with Gasteiger partial charge in [0.05, 0.1) is 17.3 Å². The van der Waals surface area contributed by atoms with E-state index in [4.69, 9.17) is 33.3 Å². The van der Waals surface area contributed by atoms with Crippen molar-refractivity contribution in [1.29, 1.82) is 0 Å². The molecule has 154 valence electrons. The number of nitrogens with zero attached hydrogens (tertiary/aromatic N) is 1. The Labute approximate surface area is 192 Å². The molecule has 3 rings (SSSR count). The number of amides is 2. The van der Waals surface area contributed by atoms with Gasteiger partial charge in [0.25, 0.3) is 11.8 Å². The monoisotopic (exact) mass is 506 g/mol. The predicted octanol–water partition coefficient (Wildman–Crippen LogP) is 4.51. The number of hydrogen-bond donors (Lipinski definition) is 1. The Kier molecular flexibility index (Phi) is 6.91. The Balaban J connectivity index is 2.01. The first-order valence-corrected chi connectivity index (χ1v) is 10.2. The second-order valence-electron chi connectivity index (χ2n) is 6.07. The third kappa shape index (κ3) is 4.56. The standard InChI is InChI=1S/C21H16BrClN2O4S/c1-3-8-29-18-16(22)10-12(11-17(18)28-2)9-15-19(26)24-21(30)25(20(15)27)14-6-4-13(23)5-7-14/h3-7,9-11H,1,8H2,2H3,(H,24,26,30). The average Bonchev–Trinajstić information content (AvgIpc) is 2.71. The van der Waals surface area contributed by atoms with Crippen LogP contribution in [-0.4, -0.2) is 30.6 Å². The summed E-state index contributed by atoms with van der Waals surface area (Å²) in [5, 5.41) is 3.06. The fourth-order valence-corrected chi connectivity index (χ4v) is 3.74. The van der Waals surface area contributed by atoms with Gasteiger partial charge in [-0.25, -0.2) is 0 Å². The number of anilines is 1. The Hall–Kier alpha value is -2.68. The SMILES string of the molecule is C=CCOc1c(Br)cc(C=C2C(=O)NC(=S)N(c3ccc(Cl)cc3)C2=O)cc1OC. The van der Waals surface area contributed by atoms with Crippen LogP contribution in [0.3, 0.4) is 0 Å². The molecule has 30 heavy (non-hydrogen) atoms. The highest BCUT2D eigenvalue weighted by atomic mass is 79.9. The minimum atomic E-state index is -0.586. The van der Waals surface area contributed by atoms with Crippen LogP contribution in [0.2, 0.25) is 5.02 Å². The highest BCUT2D eigenvalue weighted by molar-refractivity contribution is 9.10. The molecule has 0 radical (unpaired) electrons. The number of carbonyl (C=O) groups is 2. The lowest BCUT2D eigenvalue weighted by atomic mass is 10.1. The number of hydrogen-bond acceptors (Lipinski definition) is 5. The number of methoxy groups -OCH3 is 1. The summed E-state index contributed by atoms with van der Waals surface area (Å²) in [5.41, 5.74) is 0.978. The third-order valence-electron chi connectivity index (χ3n) is 4.09. The molecule has 1 aliphatic rings. The normalized spacial score (nSPS) is 15.2. The molecule has 2 amide bonds. The van der Waals surface area contributed by atoms with Crippen molar-refractivity contribution < 1.29 is 19.1 Å². The Morgan fingerprint density at radius 3 is 2.60 bits per heavy atom. The van der Waals surface area contributed by atoms with E-state index in [0.29, 0.717) is 38.9 Å². The lowest BCUT2D eigenvalue weighted by Gasteiger charge is -2.29. The summed E-state index contributed by atoms with van der Waals surface area (Å²) in [6.07, 6.45) is 3.08. The maximum absolute atomic E-state index is 13.1. The molecule has 0 unspecified atom stereocenters. The van der Waals surface area contributed by atoms with E-state index in [9.17, 15) is 9.59 Å². The van der Waals surface area contributed by atoms with Crippen LogP contribution in [0.25, 0.3) is 6.08 Å². The van der Waals surface area contributed by atoms with Crippen molar-refractivity contribution in [1.82, 2.24) is 5.32 Å². The van der Waals surface area contributed by atoms with E-state index >= 15 is 0 Å². The van der Waals surface area contributed by atoms with Gasteiger partial charge in [-0.1, -0.05) is 24.3 Å². The summed E-state index contributed by atoms with van der Waals surface area (Å²) in [4.78, 5) is 26.8. The van der Waals surface area contributed by atoms with Crippen LogP contribution in [0.4, 0.5) is 5.69 Å². The number of rotatable bonds is 6. The van der Waals surface area contributed by atoms with Gasteiger partial charge in [0.2, 0.25) is 0 Å². The van der Waals surface area contributed by atoms with Gasteiger partial charge in [-0.2, -0.15) is 0 Å². The molecule has 6 nitrogen and oxygen atoms in total. The molecule has 0 aromatic heterocycles. The van der Waals surface area contributed by atoms with Gasteiger partial charge in [0, 0.05) is 5.02 Å². The first-order chi connectivity index (χ1) is 14.3. The summed E-state index contributed by atoms with van der Waals surface area (Å²) in [6, 6.07) is 9.94. The van der Waals surface area contributed by atoms with E-state index in [2.05, 4.69) is 27.8 Å². The number of ether oxygens (including phenoxy) is 2. The summed E-state index contributed by atoms with van der Waals surface area (Å²) in [5.74, 6) is -0.208. The maximum Gasteiger partial charge on any atom is 0.270 e. The van der Waals surface area contributed by atoms with Gasteiger partial charge in [0.15, 0.2) is 16.6 Å². The van der Waals surface area contributed by atoms with E-state index in [1.165, 1.54) is 18.1 Å². The number of halogens is 2. The average molecular weight is 508 g/mol. The molecule has 1 saturated heterocycles. The summed E-state index contributed by atoms with van der Waals surface area (Å²) < 4.78 is 11.6. The molecule has 2 aromatic rings. The molecular formula is C21H16BrClN2O4S. The van der Waals surface area contributed by atoms with E-state index in [-0.39, 0.29) is 10.7 Å². The lowest BCUT2D eigenvalue weighted by molar-refractivity contribution is -0.122. The van der Waals surface area contributed by atoms with Crippen LogP contribution in [0.5, 0.6) is 11.5 Å². The Morgan fingerprint density at radius 2 is 1.97 bits per heavy atom. The first kappa shape index (κ1) is 22.0. The number of nitrogens with one attached hydrogen (secondary N) is 1. The maximum atomic E-state index is 13.1. The van der Waals surface area contributed by atoms with E-state index in [0.717, 1.165) is 0 Å². The minimum Gasteiger partial charge on any atom is -0.493 e. The Morgan fingerprint density at radius 1 is 1.27 bits per heavy atom. The minimum absolute atomic E-state index is 0.00333. The molecule has 9 heteroatoms. The molecule has 1 aliphatic heterocycles. The topological polar surface area (TPSA) is 67.9 Å². The zero-order chi connectivity index (χ0) is 21.8. The summed E-state index contributed by atoms with van der Waals surface area (Å²) >= 11 is 14.5. The quantitative estimate of drug-likeness (QED) is 0.270. The second-order valence-corrected chi connectivity index (χ2v) is 7.75. The molecule has 2 aromatic carbocycles. The van der Waals surface area contributed by atoms with Crippen LogP contribution in [0.15, 0.2) is 59.1 Å². The molecule has 0 atom stereocenters. The molecule has 0 spiro atoms. The van der Waals surface area contributed by atoms with Gasteiger partial charge in [-0.05, 0) is 76.2 Å². The lowest BCUT2D eigenvalue weighted by Crippen LogP contribution is -2.54. The van der Waals surface area contributed by atoms with Gasteiger partial charge < -0.3 is 9.47 Å². The van der Waals surface area contributed by atoms with Crippen molar-refractivity contribution in [3.05, 3.63) is 69.7 Å². The van der Waals surface area contributed by atoms with Crippen LogP contribution in [0.1, 0.15) is 5.56 Å². The number of carbonyl (C=O) groups excluding carboxylic acids is 2. The second kappa shape index (κ2) is 9.42. The smallest absolute Gasteiger partial charge is 0.270 e. The number of thiocarbonyl (C=S) groups is 1. The van der Waals surface area contributed by atoms with Crippen molar-refractivity contribution >= 4 is 68.4 Å². The number of benzene rings is 2. The van der Waals surface area contributed by atoms with Crippen molar-refractivity contribution in [2.24, 2.45) is 0 Å². The summed E-state index contributed by atoms with van der Waals surface area (Å²) in [7, 11) is 1.50. The molecule has 0 bridgehead atoms. The van der Waals surface area contributed by atoms with Crippen LogP contribution in [-0.2, 0) is 9.59 Å². The van der Waals surface area contributed by atoms with E-state index in [1.54, 1.807) is 42.5 Å². The molecule has 0 saturated carbocycles. The van der Waals surface area contributed by atoms with Crippen LogP contribution in [0, 0.1) is 0 Å². The molecule has 1 heterocycles. The zero-order valence-corrected chi connectivity index (χ0v) is 18.9. The predicted molar refractivity (Wildman–Crippen MR) is 124 cm³/mol. The van der Waals surface area contributed by atoms with Crippen molar-refractivity contribution in [3.63, 3.8) is 0 Å². The van der Waals surface area contributed by atoms with Crippen LogP contribution < -0.4 is 19.7 Å².